The molecule has 0 spiro atoms. The molecule has 0 atom stereocenters. The molecule has 0 aliphatic carbocycles. The third kappa shape index (κ3) is 1.05. The van der Waals surface area contributed by atoms with Crippen LogP contribution in [0.1, 0.15) is 5.89 Å². The second-order valence-electron chi connectivity index (χ2n) is 1.99. The molecule has 0 saturated carbocycles. The first-order chi connectivity index (χ1) is 5.90. The van der Waals surface area contributed by atoms with E-state index >= 15 is 0 Å². The molecule has 0 amide bonds. The molecule has 0 aliphatic rings. The lowest BCUT2D eigenvalue weighted by Crippen LogP contribution is -1.96. The van der Waals surface area contributed by atoms with Gasteiger partial charge in [0.1, 0.15) is 19.3 Å². The summed E-state index contributed by atoms with van der Waals surface area (Å²) in [5.41, 5.74) is 0. The summed E-state index contributed by atoms with van der Waals surface area (Å²) in [5.74, 6) is 0.414. The number of aliphatic hydroxyl groups is 1. The predicted molar refractivity (Wildman–Crippen MR) is 35.1 cm³/mol. The molecule has 2 aromatic heterocycles. The summed E-state index contributed by atoms with van der Waals surface area (Å²) in [6.07, 6.45) is 2.79. The maximum atomic E-state index is 8.61. The van der Waals surface area contributed by atoms with Gasteiger partial charge in [-0.1, -0.05) is 0 Å². The Morgan fingerprint density at radius 2 is 2.50 bits per heavy atom. The number of aliphatic hydroxyl groups excluding tert-OH is 1. The van der Waals surface area contributed by atoms with E-state index in [1.54, 1.807) is 0 Å². The monoisotopic (exact) mass is 167 g/mol. The molecule has 0 fully saturated rings. The molecule has 7 heteroatoms. The highest BCUT2D eigenvalue weighted by atomic mass is 16.5. The van der Waals surface area contributed by atoms with Crippen LogP contribution in [0.2, 0.25) is 0 Å². The molecule has 0 bridgehead atoms. The lowest BCUT2D eigenvalue weighted by atomic mass is 10.7. The molecule has 7 nitrogen and oxygen atoms in total. The van der Waals surface area contributed by atoms with Crippen LogP contribution >= 0.6 is 0 Å². The van der Waals surface area contributed by atoms with E-state index in [-0.39, 0.29) is 18.4 Å². The van der Waals surface area contributed by atoms with Gasteiger partial charge < -0.3 is 9.63 Å². The van der Waals surface area contributed by atoms with Crippen molar-refractivity contribution in [3.63, 3.8) is 0 Å². The summed E-state index contributed by atoms with van der Waals surface area (Å²) >= 11 is 0. The highest BCUT2D eigenvalue weighted by Crippen LogP contribution is 1.99. The molecular formula is C5H5N5O2. The average molecular weight is 167 g/mol. The van der Waals surface area contributed by atoms with Crippen molar-refractivity contribution in [2.45, 2.75) is 6.61 Å². The quantitative estimate of drug-likeness (QED) is 0.626. The van der Waals surface area contributed by atoms with E-state index in [0.717, 1.165) is 0 Å². The van der Waals surface area contributed by atoms with Gasteiger partial charge in [-0.15, -0.1) is 0 Å². The van der Waals surface area contributed by atoms with Crippen molar-refractivity contribution in [3.8, 4) is 5.95 Å². The SMILES string of the molecule is OCc1nc(-n2cncn2)no1. The Kier molecular flexibility index (Phi) is 1.56. The van der Waals surface area contributed by atoms with Crippen molar-refractivity contribution in [1.29, 1.82) is 0 Å². The molecule has 0 aliphatic heterocycles. The van der Waals surface area contributed by atoms with Crippen molar-refractivity contribution in [3.05, 3.63) is 18.5 Å². The molecule has 2 heterocycles. The van der Waals surface area contributed by atoms with Gasteiger partial charge >= 0.3 is 0 Å². The Morgan fingerprint density at radius 1 is 1.58 bits per heavy atom. The zero-order valence-electron chi connectivity index (χ0n) is 5.95. The number of nitrogens with zero attached hydrogens (tertiary/aromatic N) is 5. The number of hydrogen-bond donors (Lipinski definition) is 1. The summed E-state index contributed by atoms with van der Waals surface area (Å²) in [6, 6.07) is 0. The topological polar surface area (TPSA) is 89.9 Å². The summed E-state index contributed by atoms with van der Waals surface area (Å²) in [6.45, 7) is -0.276. The minimum atomic E-state index is -0.276. The molecule has 62 valence electrons. The van der Waals surface area contributed by atoms with Crippen molar-refractivity contribution in [2.24, 2.45) is 0 Å². The third-order valence-electron chi connectivity index (χ3n) is 1.22. The molecule has 0 radical (unpaired) electrons. The van der Waals surface area contributed by atoms with Gasteiger partial charge in [0.2, 0.25) is 0 Å². The summed E-state index contributed by atoms with van der Waals surface area (Å²) in [7, 11) is 0. The van der Waals surface area contributed by atoms with E-state index in [9.17, 15) is 0 Å². The molecule has 0 unspecified atom stereocenters. The van der Waals surface area contributed by atoms with Crippen LogP contribution in [0.4, 0.5) is 0 Å². The van der Waals surface area contributed by atoms with Crippen molar-refractivity contribution in [2.75, 3.05) is 0 Å². The molecule has 0 saturated heterocycles. The van der Waals surface area contributed by atoms with Gasteiger partial charge in [0.05, 0.1) is 0 Å². The van der Waals surface area contributed by atoms with Gasteiger partial charge in [-0.25, -0.2) is 4.98 Å². The zero-order chi connectivity index (χ0) is 8.39. The van der Waals surface area contributed by atoms with E-state index in [1.807, 2.05) is 0 Å². The highest BCUT2D eigenvalue weighted by molar-refractivity contribution is 5.02. The lowest BCUT2D eigenvalue weighted by Gasteiger charge is -1.85. The fourth-order valence-corrected chi connectivity index (χ4v) is 0.715. The van der Waals surface area contributed by atoms with Gasteiger partial charge in [-0.3, -0.25) is 0 Å². The van der Waals surface area contributed by atoms with E-state index in [2.05, 4.69) is 24.7 Å². The van der Waals surface area contributed by atoms with Gasteiger partial charge in [0.15, 0.2) is 0 Å². The van der Waals surface area contributed by atoms with Crippen LogP contribution in [0.15, 0.2) is 17.2 Å². The predicted octanol–water partition coefficient (Wildman–Crippen LogP) is -0.857. The van der Waals surface area contributed by atoms with Crippen molar-refractivity contribution >= 4 is 0 Å². The highest BCUT2D eigenvalue weighted by Gasteiger charge is 2.06. The number of hydrogen-bond acceptors (Lipinski definition) is 6. The first kappa shape index (κ1) is 6.92. The second-order valence-corrected chi connectivity index (χ2v) is 1.99. The zero-order valence-corrected chi connectivity index (χ0v) is 5.95. The summed E-state index contributed by atoms with van der Waals surface area (Å²) in [5, 5.41) is 15.9. The molecule has 2 rings (SSSR count). The molecule has 12 heavy (non-hydrogen) atoms. The van der Waals surface area contributed by atoms with E-state index in [4.69, 9.17) is 5.11 Å². The van der Waals surface area contributed by atoms with Gasteiger partial charge in [0.25, 0.3) is 11.8 Å². The van der Waals surface area contributed by atoms with Gasteiger partial charge in [-0.05, 0) is 5.16 Å². The largest absolute Gasteiger partial charge is 0.387 e. The van der Waals surface area contributed by atoms with Crippen LogP contribution in [-0.4, -0.2) is 30.0 Å². The first-order valence-corrected chi connectivity index (χ1v) is 3.18. The normalized spacial score (nSPS) is 10.4. The molecular weight excluding hydrogens is 162 g/mol. The van der Waals surface area contributed by atoms with Crippen LogP contribution in [0.3, 0.4) is 0 Å². The Labute approximate surface area is 66.7 Å². The minimum Gasteiger partial charge on any atom is -0.387 e. The lowest BCUT2D eigenvalue weighted by molar-refractivity contribution is 0.222. The molecule has 2 aromatic rings. The van der Waals surface area contributed by atoms with Crippen LogP contribution in [0.25, 0.3) is 5.95 Å². The van der Waals surface area contributed by atoms with E-state index in [0.29, 0.717) is 0 Å². The van der Waals surface area contributed by atoms with Crippen LogP contribution in [0, 0.1) is 0 Å². The number of aromatic nitrogens is 5. The van der Waals surface area contributed by atoms with E-state index < -0.39 is 0 Å². The third-order valence-corrected chi connectivity index (χ3v) is 1.22. The maximum Gasteiger partial charge on any atom is 0.292 e. The van der Waals surface area contributed by atoms with Crippen molar-refractivity contribution in [1.82, 2.24) is 24.9 Å². The smallest absolute Gasteiger partial charge is 0.292 e. The van der Waals surface area contributed by atoms with Crippen LogP contribution in [-0.2, 0) is 6.61 Å². The Balaban J connectivity index is 2.35. The fourth-order valence-electron chi connectivity index (χ4n) is 0.715. The second kappa shape index (κ2) is 2.70. The van der Waals surface area contributed by atoms with Crippen molar-refractivity contribution < 1.29 is 9.63 Å². The summed E-state index contributed by atoms with van der Waals surface area (Å²) in [4.78, 5) is 7.51. The summed E-state index contributed by atoms with van der Waals surface area (Å²) < 4.78 is 5.97. The van der Waals surface area contributed by atoms with E-state index in [1.165, 1.54) is 17.3 Å². The standard InChI is InChI=1S/C5H5N5O2/c11-1-4-8-5(9-12-4)10-3-6-2-7-10/h2-3,11H,1H2. The van der Waals surface area contributed by atoms with Crippen LogP contribution in [0.5, 0.6) is 0 Å². The number of rotatable bonds is 2. The first-order valence-electron chi connectivity index (χ1n) is 3.18. The Bertz CT molecular complexity index is 354. The van der Waals surface area contributed by atoms with Crippen LogP contribution < -0.4 is 0 Å². The van der Waals surface area contributed by atoms with Gasteiger partial charge in [-0.2, -0.15) is 14.8 Å². The van der Waals surface area contributed by atoms with Gasteiger partial charge in [0, 0.05) is 0 Å². The molecule has 0 aromatic carbocycles. The average Bonchev–Trinajstić information content (AvgIpc) is 2.75. The molecule has 1 N–H and O–H groups in total. The maximum absolute atomic E-state index is 8.61. The minimum absolute atomic E-state index is 0.153. The Hall–Kier alpha value is -1.76. The fraction of sp³-hybridized carbons (Fsp3) is 0.200. The Morgan fingerprint density at radius 3 is 3.08 bits per heavy atom.